The molecule has 3 aromatic rings. The van der Waals surface area contributed by atoms with Gasteiger partial charge in [-0.05, 0) is 30.3 Å². The van der Waals surface area contributed by atoms with Gasteiger partial charge in [0.05, 0.1) is 16.8 Å². The Morgan fingerprint density at radius 3 is 2.29 bits per heavy atom. The number of benzene rings is 1. The third-order valence-electron chi connectivity index (χ3n) is 3.37. The van der Waals surface area contributed by atoms with Crippen LogP contribution < -0.4 is 16.4 Å². The van der Waals surface area contributed by atoms with Crippen LogP contribution in [0.25, 0.3) is 5.69 Å². The van der Waals surface area contributed by atoms with Gasteiger partial charge in [0.1, 0.15) is 0 Å². The Hall–Kier alpha value is -3.61. The molecule has 2 amide bonds. The van der Waals surface area contributed by atoms with Crippen molar-refractivity contribution in [2.24, 2.45) is 0 Å². The highest BCUT2D eigenvalue weighted by molar-refractivity contribution is 6.00. The van der Waals surface area contributed by atoms with Gasteiger partial charge in [-0.25, -0.2) is 0 Å². The standard InChI is InChI=1S/C17H14N4O3/c22-15-8-7-12(11-18-15)16(23)19-20-17(24)13-5-1-2-6-14(13)21-9-3-4-10-21/h1-11H,(H,18,22)(H,19,23)(H,20,24). The van der Waals surface area contributed by atoms with E-state index >= 15 is 0 Å². The van der Waals surface area contributed by atoms with Gasteiger partial charge >= 0.3 is 0 Å². The van der Waals surface area contributed by atoms with Crippen LogP contribution in [0.2, 0.25) is 0 Å². The molecular formula is C17H14N4O3. The van der Waals surface area contributed by atoms with E-state index in [9.17, 15) is 14.4 Å². The Kier molecular flexibility index (Phi) is 4.24. The van der Waals surface area contributed by atoms with Gasteiger partial charge in [-0.1, -0.05) is 12.1 Å². The molecule has 1 aromatic carbocycles. The highest BCUT2D eigenvalue weighted by Crippen LogP contribution is 2.14. The van der Waals surface area contributed by atoms with Gasteiger partial charge in [0, 0.05) is 24.7 Å². The molecule has 0 radical (unpaired) electrons. The number of H-pyrrole nitrogens is 1. The Labute approximate surface area is 136 Å². The largest absolute Gasteiger partial charge is 0.328 e. The number of para-hydroxylation sites is 1. The maximum absolute atomic E-state index is 12.4. The summed E-state index contributed by atoms with van der Waals surface area (Å²) < 4.78 is 1.80. The van der Waals surface area contributed by atoms with Crippen molar-refractivity contribution in [2.45, 2.75) is 0 Å². The van der Waals surface area contributed by atoms with E-state index in [-0.39, 0.29) is 11.1 Å². The molecule has 0 fully saturated rings. The SMILES string of the molecule is O=C(NNC(=O)c1ccccc1-n1cccc1)c1ccc(=O)[nH]c1. The monoisotopic (exact) mass is 322 g/mol. The third kappa shape index (κ3) is 3.25. The first-order chi connectivity index (χ1) is 11.6. The molecule has 0 saturated carbocycles. The van der Waals surface area contributed by atoms with Crippen molar-refractivity contribution in [2.75, 3.05) is 0 Å². The second-order valence-corrected chi connectivity index (χ2v) is 4.96. The summed E-state index contributed by atoms with van der Waals surface area (Å²) in [6.07, 6.45) is 4.92. The van der Waals surface area contributed by atoms with Crippen molar-refractivity contribution in [3.05, 3.63) is 88.6 Å². The van der Waals surface area contributed by atoms with E-state index in [2.05, 4.69) is 15.8 Å². The van der Waals surface area contributed by atoms with Gasteiger partial charge < -0.3 is 9.55 Å². The van der Waals surface area contributed by atoms with E-state index in [0.717, 1.165) is 0 Å². The molecule has 7 heteroatoms. The molecule has 2 heterocycles. The lowest BCUT2D eigenvalue weighted by Crippen LogP contribution is -2.42. The smallest absolute Gasteiger partial charge is 0.271 e. The molecule has 7 nitrogen and oxygen atoms in total. The van der Waals surface area contributed by atoms with Gasteiger partial charge in [0.25, 0.3) is 11.8 Å². The molecule has 0 atom stereocenters. The maximum Gasteiger partial charge on any atom is 0.271 e. The van der Waals surface area contributed by atoms with Gasteiger partial charge in [-0.15, -0.1) is 0 Å². The molecule has 120 valence electrons. The Bertz CT molecular complexity index is 909. The van der Waals surface area contributed by atoms with Crippen molar-refractivity contribution >= 4 is 11.8 Å². The van der Waals surface area contributed by atoms with E-state index < -0.39 is 11.8 Å². The predicted octanol–water partition coefficient (Wildman–Crippen LogP) is 1.24. The number of nitrogens with one attached hydrogen (secondary N) is 3. The van der Waals surface area contributed by atoms with Gasteiger partial charge in [0.2, 0.25) is 5.56 Å². The van der Waals surface area contributed by atoms with Crippen LogP contribution in [0.5, 0.6) is 0 Å². The summed E-state index contributed by atoms with van der Waals surface area (Å²) in [7, 11) is 0. The lowest BCUT2D eigenvalue weighted by Gasteiger charge is -2.11. The molecule has 0 unspecified atom stereocenters. The zero-order chi connectivity index (χ0) is 16.9. The number of hydrogen-bond acceptors (Lipinski definition) is 3. The van der Waals surface area contributed by atoms with Crippen LogP contribution in [0.15, 0.2) is 71.9 Å². The molecule has 24 heavy (non-hydrogen) atoms. The lowest BCUT2D eigenvalue weighted by molar-refractivity contribution is 0.0846. The Morgan fingerprint density at radius 2 is 1.58 bits per heavy atom. The fourth-order valence-electron chi connectivity index (χ4n) is 2.19. The minimum absolute atomic E-state index is 0.230. The summed E-state index contributed by atoms with van der Waals surface area (Å²) in [5.74, 6) is -0.977. The molecule has 0 aliphatic rings. The van der Waals surface area contributed by atoms with Crippen molar-refractivity contribution in [3.63, 3.8) is 0 Å². The fraction of sp³-hybridized carbons (Fsp3) is 0. The molecular weight excluding hydrogens is 308 g/mol. The fourth-order valence-corrected chi connectivity index (χ4v) is 2.19. The van der Waals surface area contributed by atoms with Crippen LogP contribution in [-0.4, -0.2) is 21.4 Å². The predicted molar refractivity (Wildman–Crippen MR) is 87.8 cm³/mol. The molecule has 0 spiro atoms. The van der Waals surface area contributed by atoms with Crippen molar-refractivity contribution < 1.29 is 9.59 Å². The third-order valence-corrected chi connectivity index (χ3v) is 3.37. The summed E-state index contributed by atoms with van der Waals surface area (Å²) in [6, 6.07) is 13.3. The number of aromatic amines is 1. The van der Waals surface area contributed by atoms with Gasteiger partial charge in [0.15, 0.2) is 0 Å². The van der Waals surface area contributed by atoms with E-state index in [0.29, 0.717) is 11.3 Å². The van der Waals surface area contributed by atoms with Crippen molar-refractivity contribution in [3.8, 4) is 5.69 Å². The van der Waals surface area contributed by atoms with E-state index in [1.165, 1.54) is 18.3 Å². The highest BCUT2D eigenvalue weighted by Gasteiger charge is 2.13. The molecule has 3 N–H and O–H groups in total. The van der Waals surface area contributed by atoms with Gasteiger partial charge in [-0.2, -0.15) is 0 Å². The number of hydrazine groups is 1. The second-order valence-electron chi connectivity index (χ2n) is 4.96. The number of aromatic nitrogens is 2. The number of carbonyl (C=O) groups is 2. The van der Waals surface area contributed by atoms with Crippen molar-refractivity contribution in [1.82, 2.24) is 20.4 Å². The van der Waals surface area contributed by atoms with Crippen LogP contribution >= 0.6 is 0 Å². The summed E-state index contributed by atoms with van der Waals surface area (Å²) in [5.41, 5.74) is 5.72. The van der Waals surface area contributed by atoms with Crippen LogP contribution in [0, 0.1) is 0 Å². The number of hydrogen-bond donors (Lipinski definition) is 3. The molecule has 0 aliphatic carbocycles. The average Bonchev–Trinajstić information content (AvgIpc) is 3.14. The first-order valence-electron chi connectivity index (χ1n) is 7.17. The molecule has 3 rings (SSSR count). The highest BCUT2D eigenvalue weighted by atomic mass is 16.2. The molecule has 0 saturated heterocycles. The first-order valence-corrected chi connectivity index (χ1v) is 7.17. The summed E-state index contributed by atoms with van der Waals surface area (Å²) in [4.78, 5) is 37.7. The van der Waals surface area contributed by atoms with E-state index in [4.69, 9.17) is 0 Å². The molecule has 0 aliphatic heterocycles. The normalized spacial score (nSPS) is 10.2. The summed E-state index contributed by atoms with van der Waals surface area (Å²) in [6.45, 7) is 0. The first kappa shape index (κ1) is 15.3. The Morgan fingerprint density at radius 1 is 0.875 bits per heavy atom. The zero-order valence-corrected chi connectivity index (χ0v) is 12.5. The van der Waals surface area contributed by atoms with Crippen molar-refractivity contribution in [1.29, 1.82) is 0 Å². The lowest BCUT2D eigenvalue weighted by atomic mass is 10.1. The topological polar surface area (TPSA) is 96.0 Å². The van der Waals surface area contributed by atoms with Crippen LogP contribution in [0.3, 0.4) is 0 Å². The second kappa shape index (κ2) is 6.66. The summed E-state index contributed by atoms with van der Waals surface area (Å²) in [5, 5.41) is 0. The quantitative estimate of drug-likeness (QED) is 0.633. The minimum Gasteiger partial charge on any atom is -0.328 e. The van der Waals surface area contributed by atoms with Crippen LogP contribution in [0.4, 0.5) is 0 Å². The number of nitrogens with zero attached hydrogens (tertiary/aromatic N) is 1. The van der Waals surface area contributed by atoms with E-state index in [1.54, 1.807) is 22.8 Å². The molecule has 0 bridgehead atoms. The minimum atomic E-state index is -0.530. The maximum atomic E-state index is 12.4. The number of carbonyl (C=O) groups excluding carboxylic acids is 2. The molecule has 2 aromatic heterocycles. The van der Waals surface area contributed by atoms with Crippen LogP contribution in [-0.2, 0) is 0 Å². The number of amides is 2. The van der Waals surface area contributed by atoms with Crippen LogP contribution in [0.1, 0.15) is 20.7 Å². The van der Waals surface area contributed by atoms with E-state index in [1.807, 2.05) is 30.6 Å². The number of rotatable bonds is 3. The average molecular weight is 322 g/mol. The number of pyridine rings is 1. The van der Waals surface area contributed by atoms with Gasteiger partial charge in [-0.3, -0.25) is 25.2 Å². The Balaban J connectivity index is 1.73. The zero-order valence-electron chi connectivity index (χ0n) is 12.5. The summed E-state index contributed by atoms with van der Waals surface area (Å²) >= 11 is 0.